The van der Waals surface area contributed by atoms with Crippen LogP contribution < -0.4 is 4.57 Å². The predicted octanol–water partition coefficient (Wildman–Crippen LogP) is 6.11. The fraction of sp³-hybridized carbons (Fsp3) is 0.444. The van der Waals surface area contributed by atoms with Crippen LogP contribution in [0.25, 0.3) is 22.0 Å². The number of rotatable bonds is 2. The highest BCUT2D eigenvalue weighted by molar-refractivity contribution is 5.94. The van der Waals surface area contributed by atoms with Crippen molar-refractivity contribution in [1.82, 2.24) is 0 Å². The molecule has 0 amide bonds. The lowest BCUT2D eigenvalue weighted by Gasteiger charge is -2.57. The standard InChI is InChI=1S/C27H30N/c1-18-5-3-4-6-24(18)26-25-8-7-23(14-22(25)9-10-28(26)2)27-15-19-11-20(16-27)13-21(12-19)17-27/h3-10,14,19-21H,11-13,15-17H2,1-2H3/q+1. The maximum absolute atomic E-state index is 2.55. The lowest BCUT2D eigenvalue weighted by molar-refractivity contribution is -0.659. The molecule has 0 unspecified atom stereocenters. The van der Waals surface area contributed by atoms with Gasteiger partial charge < -0.3 is 0 Å². The Bertz CT molecular complexity index is 1040. The van der Waals surface area contributed by atoms with Gasteiger partial charge in [0.25, 0.3) is 0 Å². The minimum atomic E-state index is 0.476. The van der Waals surface area contributed by atoms with Crippen molar-refractivity contribution in [2.45, 2.75) is 50.9 Å². The second-order valence-electron chi connectivity index (χ2n) is 10.1. The first-order chi connectivity index (χ1) is 13.6. The van der Waals surface area contributed by atoms with E-state index in [1.54, 1.807) is 5.56 Å². The van der Waals surface area contributed by atoms with Gasteiger partial charge in [0.15, 0.2) is 6.20 Å². The van der Waals surface area contributed by atoms with E-state index < -0.39 is 0 Å². The molecule has 0 atom stereocenters. The smallest absolute Gasteiger partial charge is 0.200 e. The molecule has 1 heterocycles. The van der Waals surface area contributed by atoms with Crippen molar-refractivity contribution < 1.29 is 4.57 Å². The van der Waals surface area contributed by atoms with E-state index in [2.05, 4.69) is 73.3 Å². The maximum Gasteiger partial charge on any atom is 0.220 e. The number of benzene rings is 2. The van der Waals surface area contributed by atoms with E-state index in [9.17, 15) is 0 Å². The molecule has 0 saturated heterocycles. The topological polar surface area (TPSA) is 3.88 Å². The first-order valence-electron chi connectivity index (χ1n) is 11.1. The van der Waals surface area contributed by atoms with Gasteiger partial charge in [0.2, 0.25) is 5.69 Å². The SMILES string of the molecule is Cc1ccccc1-c1c2ccc(C34CC5CC(CC(C5)C3)C4)cc2cc[n+]1C. The molecule has 4 aliphatic carbocycles. The van der Waals surface area contributed by atoms with E-state index in [0.717, 1.165) is 17.8 Å². The zero-order valence-corrected chi connectivity index (χ0v) is 17.1. The van der Waals surface area contributed by atoms with Gasteiger partial charge in [-0.3, -0.25) is 0 Å². The molecule has 4 saturated carbocycles. The lowest BCUT2D eigenvalue weighted by atomic mass is 9.48. The number of pyridine rings is 1. The predicted molar refractivity (Wildman–Crippen MR) is 115 cm³/mol. The first kappa shape index (κ1) is 16.8. The molecule has 2 aromatic carbocycles. The van der Waals surface area contributed by atoms with Crippen LogP contribution in [0.5, 0.6) is 0 Å². The molecule has 1 heteroatoms. The number of aryl methyl sites for hydroxylation is 2. The zero-order valence-electron chi connectivity index (χ0n) is 17.1. The number of hydrogen-bond acceptors (Lipinski definition) is 0. The summed E-state index contributed by atoms with van der Waals surface area (Å²) in [7, 11) is 2.17. The highest BCUT2D eigenvalue weighted by Crippen LogP contribution is 2.60. The highest BCUT2D eigenvalue weighted by atomic mass is 14.9. The number of aromatic nitrogens is 1. The largest absolute Gasteiger partial charge is 0.220 e. The van der Waals surface area contributed by atoms with E-state index in [1.165, 1.54) is 66.1 Å². The Balaban J connectivity index is 1.50. The molecule has 4 aliphatic rings. The second kappa shape index (κ2) is 5.92. The van der Waals surface area contributed by atoms with Gasteiger partial charge in [-0.25, -0.2) is 4.57 Å². The summed E-state index contributed by atoms with van der Waals surface area (Å²) < 4.78 is 2.29. The van der Waals surface area contributed by atoms with Crippen molar-refractivity contribution in [3.05, 3.63) is 65.9 Å². The van der Waals surface area contributed by atoms with E-state index >= 15 is 0 Å². The van der Waals surface area contributed by atoms with Gasteiger partial charge in [-0.2, -0.15) is 0 Å². The minimum Gasteiger partial charge on any atom is -0.200 e. The number of nitrogens with zero attached hydrogens (tertiary/aromatic N) is 1. The fourth-order valence-electron chi connectivity index (χ4n) is 7.34. The molecule has 28 heavy (non-hydrogen) atoms. The van der Waals surface area contributed by atoms with Gasteiger partial charge in [-0.1, -0.05) is 30.3 Å². The summed E-state index contributed by atoms with van der Waals surface area (Å²) in [6, 6.07) is 18.5. The van der Waals surface area contributed by atoms with Crippen LogP contribution in [0.4, 0.5) is 0 Å². The third-order valence-electron chi connectivity index (χ3n) is 8.19. The van der Waals surface area contributed by atoms with Gasteiger partial charge in [0, 0.05) is 11.6 Å². The van der Waals surface area contributed by atoms with E-state index in [4.69, 9.17) is 0 Å². The molecular weight excluding hydrogens is 338 g/mol. The summed E-state index contributed by atoms with van der Waals surface area (Å²) in [4.78, 5) is 0. The molecule has 1 aromatic heterocycles. The minimum absolute atomic E-state index is 0.476. The average molecular weight is 369 g/mol. The molecule has 1 nitrogen and oxygen atoms in total. The van der Waals surface area contributed by atoms with Crippen molar-refractivity contribution in [2.24, 2.45) is 24.8 Å². The van der Waals surface area contributed by atoms with Gasteiger partial charge in [0.1, 0.15) is 7.05 Å². The van der Waals surface area contributed by atoms with Crippen LogP contribution in [0.2, 0.25) is 0 Å². The number of hydrogen-bond donors (Lipinski definition) is 0. The Morgan fingerprint density at radius 1 is 0.857 bits per heavy atom. The van der Waals surface area contributed by atoms with Gasteiger partial charge in [-0.05, 0) is 97.3 Å². The Kier molecular flexibility index (Phi) is 3.55. The van der Waals surface area contributed by atoms with Gasteiger partial charge in [0.05, 0.1) is 5.39 Å². The van der Waals surface area contributed by atoms with Gasteiger partial charge in [-0.15, -0.1) is 0 Å². The highest BCUT2D eigenvalue weighted by Gasteiger charge is 2.51. The van der Waals surface area contributed by atoms with E-state index in [1.807, 2.05) is 0 Å². The van der Waals surface area contributed by atoms with Crippen LogP contribution in [-0.2, 0) is 12.5 Å². The lowest BCUT2D eigenvalue weighted by Crippen LogP contribution is -2.48. The third-order valence-corrected chi connectivity index (χ3v) is 8.19. The van der Waals surface area contributed by atoms with Gasteiger partial charge >= 0.3 is 0 Å². The second-order valence-corrected chi connectivity index (χ2v) is 10.1. The Labute approximate surface area is 168 Å². The summed E-state index contributed by atoms with van der Waals surface area (Å²) in [6.07, 6.45) is 11.1. The molecule has 0 radical (unpaired) electrons. The summed E-state index contributed by atoms with van der Waals surface area (Å²) in [5, 5.41) is 2.79. The van der Waals surface area contributed by atoms with Crippen LogP contribution in [0.1, 0.15) is 49.7 Å². The van der Waals surface area contributed by atoms with Crippen molar-refractivity contribution in [3.8, 4) is 11.3 Å². The molecular formula is C27H30N+. The van der Waals surface area contributed by atoms with Crippen molar-refractivity contribution in [3.63, 3.8) is 0 Å². The van der Waals surface area contributed by atoms with Crippen LogP contribution in [0.15, 0.2) is 54.7 Å². The van der Waals surface area contributed by atoms with E-state index in [0.29, 0.717) is 5.41 Å². The maximum atomic E-state index is 2.55. The summed E-state index contributed by atoms with van der Waals surface area (Å²) in [5.74, 6) is 2.99. The Hall–Kier alpha value is -2.15. The Morgan fingerprint density at radius 3 is 2.21 bits per heavy atom. The molecule has 142 valence electrons. The summed E-state index contributed by atoms with van der Waals surface area (Å²) >= 11 is 0. The van der Waals surface area contributed by atoms with Crippen molar-refractivity contribution in [1.29, 1.82) is 0 Å². The van der Waals surface area contributed by atoms with Crippen LogP contribution >= 0.6 is 0 Å². The molecule has 3 aromatic rings. The number of fused-ring (bicyclic) bond motifs is 1. The quantitative estimate of drug-likeness (QED) is 0.481. The molecule has 4 bridgehead atoms. The zero-order chi connectivity index (χ0) is 18.9. The monoisotopic (exact) mass is 368 g/mol. The average Bonchev–Trinajstić information content (AvgIpc) is 2.67. The molecule has 7 rings (SSSR count). The molecule has 0 N–H and O–H groups in total. The fourth-order valence-corrected chi connectivity index (χ4v) is 7.34. The van der Waals surface area contributed by atoms with Crippen molar-refractivity contribution >= 4 is 10.8 Å². The summed E-state index contributed by atoms with van der Waals surface area (Å²) in [5.41, 5.74) is 6.13. The van der Waals surface area contributed by atoms with Crippen LogP contribution in [0.3, 0.4) is 0 Å². The molecule has 0 aliphatic heterocycles. The first-order valence-corrected chi connectivity index (χ1v) is 11.1. The molecule has 4 fully saturated rings. The van der Waals surface area contributed by atoms with Crippen molar-refractivity contribution in [2.75, 3.05) is 0 Å². The molecule has 0 spiro atoms. The normalized spacial score (nSPS) is 30.9. The third kappa shape index (κ3) is 2.41. The Morgan fingerprint density at radius 2 is 1.54 bits per heavy atom. The van der Waals surface area contributed by atoms with Crippen LogP contribution in [-0.4, -0.2) is 0 Å². The summed E-state index contributed by atoms with van der Waals surface area (Å²) in [6.45, 7) is 2.22. The van der Waals surface area contributed by atoms with Crippen LogP contribution in [0, 0.1) is 24.7 Å². The van der Waals surface area contributed by atoms with E-state index in [-0.39, 0.29) is 0 Å².